The molecule has 0 N–H and O–H groups in total. The molecule has 2 atom stereocenters. The third-order valence-electron chi connectivity index (χ3n) is 5.09. The monoisotopic (exact) mass is 358 g/mol. The van der Waals surface area contributed by atoms with Gasteiger partial charge in [0.2, 0.25) is 5.91 Å². The first-order valence-electron chi connectivity index (χ1n) is 8.80. The van der Waals surface area contributed by atoms with Gasteiger partial charge in [-0.1, -0.05) is 12.1 Å². The molecule has 138 valence electrons. The van der Waals surface area contributed by atoms with E-state index in [9.17, 15) is 19.2 Å². The number of likely N-dealkylation sites (tertiary alicyclic amines) is 1. The smallest absolute Gasteiger partial charge is 0.328 e. The summed E-state index contributed by atoms with van der Waals surface area (Å²) in [5.74, 6) is -1.01. The number of carbonyl (C=O) groups is 4. The van der Waals surface area contributed by atoms with E-state index in [4.69, 9.17) is 4.74 Å². The number of ether oxygens (including phenoxy) is 1. The number of imide groups is 1. The van der Waals surface area contributed by atoms with Crippen LogP contribution in [0.3, 0.4) is 0 Å². The topological polar surface area (TPSA) is 84.0 Å². The summed E-state index contributed by atoms with van der Waals surface area (Å²) in [6.07, 6.45) is 1.95. The van der Waals surface area contributed by atoms with E-state index in [0.29, 0.717) is 43.4 Å². The molecule has 0 aliphatic carbocycles. The van der Waals surface area contributed by atoms with Crippen LogP contribution >= 0.6 is 0 Å². The van der Waals surface area contributed by atoms with Crippen molar-refractivity contribution >= 4 is 23.7 Å². The van der Waals surface area contributed by atoms with Crippen LogP contribution in [0.25, 0.3) is 0 Å². The van der Waals surface area contributed by atoms with Gasteiger partial charge in [0, 0.05) is 19.0 Å². The predicted octanol–water partition coefficient (Wildman–Crippen LogP) is 1.62. The fourth-order valence-corrected chi connectivity index (χ4v) is 3.75. The molecule has 0 radical (unpaired) electrons. The van der Waals surface area contributed by atoms with Gasteiger partial charge in [0.05, 0.1) is 18.2 Å². The molecule has 1 saturated heterocycles. The quantitative estimate of drug-likeness (QED) is 0.570. The summed E-state index contributed by atoms with van der Waals surface area (Å²) in [5.41, 5.74) is 0.872. The second kappa shape index (κ2) is 7.27. The lowest BCUT2D eigenvalue weighted by Gasteiger charge is -2.29. The molecular formula is C19H22N2O5. The summed E-state index contributed by atoms with van der Waals surface area (Å²) >= 11 is 0. The van der Waals surface area contributed by atoms with Crippen molar-refractivity contribution in [2.75, 3.05) is 13.7 Å². The molecule has 1 aromatic rings. The number of benzene rings is 1. The summed E-state index contributed by atoms with van der Waals surface area (Å²) in [6.45, 7) is 2.17. The Balaban J connectivity index is 1.58. The highest BCUT2D eigenvalue weighted by Crippen LogP contribution is 2.26. The predicted molar refractivity (Wildman–Crippen MR) is 92.4 cm³/mol. The Kier molecular flexibility index (Phi) is 5.06. The van der Waals surface area contributed by atoms with E-state index >= 15 is 0 Å². The second-order valence-corrected chi connectivity index (χ2v) is 6.68. The van der Waals surface area contributed by atoms with Gasteiger partial charge in [0.15, 0.2) is 0 Å². The number of esters is 1. The van der Waals surface area contributed by atoms with Crippen molar-refractivity contribution in [2.24, 2.45) is 0 Å². The van der Waals surface area contributed by atoms with Crippen LogP contribution in [0, 0.1) is 0 Å². The van der Waals surface area contributed by atoms with Crippen LogP contribution in [-0.2, 0) is 14.3 Å². The Morgan fingerprint density at radius 1 is 1.19 bits per heavy atom. The van der Waals surface area contributed by atoms with Crippen molar-refractivity contribution in [3.8, 4) is 0 Å². The Bertz CT molecular complexity index is 725. The molecule has 26 heavy (non-hydrogen) atoms. The average molecular weight is 358 g/mol. The first kappa shape index (κ1) is 18.1. The Labute approximate surface area is 151 Å². The molecule has 0 spiro atoms. The zero-order valence-electron chi connectivity index (χ0n) is 14.9. The van der Waals surface area contributed by atoms with Crippen LogP contribution in [-0.4, -0.2) is 59.2 Å². The molecule has 0 aromatic heterocycles. The third kappa shape index (κ3) is 3.09. The normalized spacial score (nSPS) is 20.5. The molecule has 2 unspecified atom stereocenters. The van der Waals surface area contributed by atoms with Crippen molar-refractivity contribution in [3.63, 3.8) is 0 Å². The summed E-state index contributed by atoms with van der Waals surface area (Å²) in [6, 6.07) is 6.08. The first-order valence-corrected chi connectivity index (χ1v) is 8.80. The zero-order valence-corrected chi connectivity index (χ0v) is 14.9. The van der Waals surface area contributed by atoms with E-state index in [1.165, 1.54) is 12.0 Å². The summed E-state index contributed by atoms with van der Waals surface area (Å²) < 4.78 is 4.78. The van der Waals surface area contributed by atoms with Gasteiger partial charge in [-0.05, 0) is 38.3 Å². The maximum atomic E-state index is 12.4. The Hall–Kier alpha value is -2.70. The standard InChI is InChI=1S/C19H22N2O5/c1-12(21-15(19(25)26-2)9-10-16(21)22)6-5-11-20-17(23)13-7-3-4-8-14(13)18(20)24/h3-4,7-8,12,15H,5-6,9-11H2,1-2H3. The van der Waals surface area contributed by atoms with E-state index in [1.54, 1.807) is 29.2 Å². The molecule has 1 aromatic carbocycles. The van der Waals surface area contributed by atoms with Crippen LogP contribution in [0.15, 0.2) is 24.3 Å². The Morgan fingerprint density at radius 2 is 1.81 bits per heavy atom. The van der Waals surface area contributed by atoms with Gasteiger partial charge in [-0.3, -0.25) is 19.3 Å². The van der Waals surface area contributed by atoms with Crippen LogP contribution < -0.4 is 0 Å². The molecular weight excluding hydrogens is 336 g/mol. The minimum Gasteiger partial charge on any atom is -0.467 e. The van der Waals surface area contributed by atoms with Gasteiger partial charge in [0.1, 0.15) is 6.04 Å². The second-order valence-electron chi connectivity index (χ2n) is 6.68. The number of nitrogens with zero attached hydrogens (tertiary/aromatic N) is 2. The van der Waals surface area contributed by atoms with Crippen molar-refractivity contribution in [1.29, 1.82) is 0 Å². The maximum absolute atomic E-state index is 12.4. The summed E-state index contributed by atoms with van der Waals surface area (Å²) in [7, 11) is 1.32. The number of methoxy groups -OCH3 is 1. The van der Waals surface area contributed by atoms with E-state index in [2.05, 4.69) is 0 Å². The highest BCUT2D eigenvalue weighted by atomic mass is 16.5. The van der Waals surface area contributed by atoms with E-state index in [-0.39, 0.29) is 23.8 Å². The van der Waals surface area contributed by atoms with Gasteiger partial charge >= 0.3 is 5.97 Å². The van der Waals surface area contributed by atoms with Gasteiger partial charge < -0.3 is 9.64 Å². The molecule has 0 bridgehead atoms. The Morgan fingerprint density at radius 3 is 2.38 bits per heavy atom. The van der Waals surface area contributed by atoms with Crippen molar-refractivity contribution in [3.05, 3.63) is 35.4 Å². The molecule has 7 heteroatoms. The highest BCUT2D eigenvalue weighted by molar-refractivity contribution is 6.21. The molecule has 3 rings (SSSR count). The zero-order chi connectivity index (χ0) is 18.8. The molecule has 2 aliphatic rings. The van der Waals surface area contributed by atoms with Crippen LogP contribution in [0.5, 0.6) is 0 Å². The van der Waals surface area contributed by atoms with E-state index in [0.717, 1.165) is 0 Å². The minimum atomic E-state index is -0.540. The number of fused-ring (bicyclic) bond motifs is 1. The third-order valence-corrected chi connectivity index (χ3v) is 5.09. The molecule has 3 amide bonds. The molecule has 2 aliphatic heterocycles. The molecule has 0 saturated carbocycles. The average Bonchev–Trinajstić information content (AvgIpc) is 3.14. The lowest BCUT2D eigenvalue weighted by atomic mass is 10.1. The fourth-order valence-electron chi connectivity index (χ4n) is 3.75. The van der Waals surface area contributed by atoms with Crippen molar-refractivity contribution in [2.45, 2.75) is 44.7 Å². The SMILES string of the molecule is COC(=O)C1CCC(=O)N1C(C)CCCN1C(=O)c2ccccc2C1=O. The molecule has 1 fully saturated rings. The van der Waals surface area contributed by atoms with E-state index in [1.807, 2.05) is 6.92 Å². The molecule has 7 nitrogen and oxygen atoms in total. The van der Waals surface area contributed by atoms with Crippen LogP contribution in [0.1, 0.15) is 53.3 Å². The summed E-state index contributed by atoms with van der Waals surface area (Å²) in [4.78, 5) is 51.5. The van der Waals surface area contributed by atoms with E-state index < -0.39 is 12.0 Å². The number of rotatable bonds is 6. The van der Waals surface area contributed by atoms with Crippen molar-refractivity contribution < 1.29 is 23.9 Å². The van der Waals surface area contributed by atoms with Crippen molar-refractivity contribution in [1.82, 2.24) is 9.80 Å². The summed E-state index contributed by atoms with van der Waals surface area (Å²) in [5, 5.41) is 0. The number of amides is 3. The highest BCUT2D eigenvalue weighted by Gasteiger charge is 2.40. The number of hydrogen-bond donors (Lipinski definition) is 0. The number of carbonyl (C=O) groups excluding carboxylic acids is 4. The maximum Gasteiger partial charge on any atom is 0.328 e. The number of hydrogen-bond acceptors (Lipinski definition) is 5. The van der Waals surface area contributed by atoms with Crippen LogP contribution in [0.2, 0.25) is 0 Å². The fraction of sp³-hybridized carbons (Fsp3) is 0.474. The van der Waals surface area contributed by atoms with Gasteiger partial charge in [-0.15, -0.1) is 0 Å². The molecule has 2 heterocycles. The van der Waals surface area contributed by atoms with Gasteiger partial charge in [-0.25, -0.2) is 4.79 Å². The first-order chi connectivity index (χ1) is 12.5. The van der Waals surface area contributed by atoms with Crippen LogP contribution in [0.4, 0.5) is 0 Å². The lowest BCUT2D eigenvalue weighted by Crippen LogP contribution is -2.45. The van der Waals surface area contributed by atoms with Gasteiger partial charge in [-0.2, -0.15) is 0 Å². The lowest BCUT2D eigenvalue weighted by molar-refractivity contribution is -0.150. The van der Waals surface area contributed by atoms with Gasteiger partial charge in [0.25, 0.3) is 11.8 Å². The largest absolute Gasteiger partial charge is 0.467 e. The minimum absolute atomic E-state index is 0.0615.